The van der Waals surface area contributed by atoms with Crippen molar-refractivity contribution in [3.63, 3.8) is 0 Å². The molecular weight excluding hydrogens is 670 g/mol. The van der Waals surface area contributed by atoms with Crippen molar-refractivity contribution in [2.75, 3.05) is 39.3 Å². The minimum absolute atomic E-state index is 0.0290. The third-order valence-corrected chi connectivity index (χ3v) is 7.28. The van der Waals surface area contributed by atoms with E-state index in [2.05, 4.69) is 31.9 Å². The van der Waals surface area contributed by atoms with Gasteiger partial charge < -0.3 is 37.0 Å². The quantitative estimate of drug-likeness (QED) is 0.0633. The highest BCUT2D eigenvalue weighted by atomic mass is 16.5. The summed E-state index contributed by atoms with van der Waals surface area (Å²) in [6.45, 7) is 0.217. The summed E-state index contributed by atoms with van der Waals surface area (Å²) in [5.41, 5.74) is 0. The van der Waals surface area contributed by atoms with Crippen molar-refractivity contribution in [3.8, 4) is 0 Å². The number of hydrogen-bond acceptors (Lipinski definition) is 13. The maximum Gasteiger partial charge on any atom is 0.245 e. The molecule has 0 aromatic heterocycles. The van der Waals surface area contributed by atoms with Crippen molar-refractivity contribution < 1.29 is 63.9 Å². The number of nitrogens with one attached hydrogen (secondary N) is 6. The number of amides is 9. The summed E-state index contributed by atoms with van der Waals surface area (Å²) in [4.78, 5) is 112. The standard InChI is InChI=1S/C28H47N9O13/c1-16(39)35(48)10-4-7-19-25(44)29-14-24(43)32-22(15-38)26(45)30-13-23(42)31-20(8-5-11-36(49)17(2)40)27(46)34-21(28(47)33-19)9-6-12-37(50)18(3)41/h19-22,38,48-50H,4-15H2,1-3H3,(H,29,44)(H,30,45)(H,31,42)(H,32,43)(H,33,47)(H,34,46)/t19-,20-,21-,22+/m1/s1. The lowest BCUT2D eigenvalue weighted by Gasteiger charge is -2.26. The Bertz CT molecular complexity index is 1230. The number of hydrogen-bond donors (Lipinski definition) is 10. The number of carbonyl (C=O) groups excluding carboxylic acids is 9. The summed E-state index contributed by atoms with van der Waals surface area (Å²) < 4.78 is 0. The molecule has 0 spiro atoms. The molecule has 0 bridgehead atoms. The first-order chi connectivity index (χ1) is 23.5. The molecule has 1 aliphatic heterocycles. The van der Waals surface area contributed by atoms with Gasteiger partial charge >= 0.3 is 0 Å². The van der Waals surface area contributed by atoms with Crippen LogP contribution in [0.1, 0.15) is 59.3 Å². The van der Waals surface area contributed by atoms with Crippen LogP contribution in [0.5, 0.6) is 0 Å². The molecule has 1 heterocycles. The monoisotopic (exact) mass is 717 g/mol. The van der Waals surface area contributed by atoms with E-state index in [1.807, 2.05) is 0 Å². The number of rotatable bonds is 13. The summed E-state index contributed by atoms with van der Waals surface area (Å²) >= 11 is 0. The van der Waals surface area contributed by atoms with Crippen LogP contribution in [0.25, 0.3) is 0 Å². The largest absolute Gasteiger partial charge is 0.394 e. The molecule has 22 nitrogen and oxygen atoms in total. The molecule has 1 saturated heterocycles. The van der Waals surface area contributed by atoms with Crippen LogP contribution in [0.3, 0.4) is 0 Å². The first kappa shape index (κ1) is 43.1. The first-order valence-electron chi connectivity index (χ1n) is 15.7. The number of aliphatic hydroxyl groups is 1. The van der Waals surface area contributed by atoms with Crippen LogP contribution in [-0.2, 0) is 43.2 Å². The van der Waals surface area contributed by atoms with Crippen molar-refractivity contribution in [2.45, 2.75) is 83.5 Å². The van der Waals surface area contributed by atoms with Crippen molar-refractivity contribution >= 4 is 53.2 Å². The number of carbonyl (C=O) groups is 9. The van der Waals surface area contributed by atoms with E-state index in [1.165, 1.54) is 0 Å². The molecular formula is C28H47N9O13. The molecule has 0 aromatic rings. The zero-order chi connectivity index (χ0) is 38.0. The summed E-state index contributed by atoms with van der Waals surface area (Å²) in [6.07, 6.45) is -0.685. The minimum Gasteiger partial charge on any atom is -0.394 e. The van der Waals surface area contributed by atoms with Crippen LogP contribution in [0.15, 0.2) is 0 Å². The molecule has 1 fully saturated rings. The normalized spacial score (nSPS) is 21.2. The van der Waals surface area contributed by atoms with E-state index in [1.54, 1.807) is 0 Å². The maximum absolute atomic E-state index is 13.6. The molecule has 9 amide bonds. The van der Waals surface area contributed by atoms with Gasteiger partial charge in [-0.2, -0.15) is 0 Å². The third-order valence-electron chi connectivity index (χ3n) is 7.28. The fraction of sp³-hybridized carbons (Fsp3) is 0.679. The van der Waals surface area contributed by atoms with Gasteiger partial charge in [0.2, 0.25) is 53.2 Å². The fourth-order valence-electron chi connectivity index (χ4n) is 4.42. The molecule has 22 heteroatoms. The third kappa shape index (κ3) is 16.0. The Morgan fingerprint density at radius 3 is 1.18 bits per heavy atom. The Labute approximate surface area is 287 Å². The van der Waals surface area contributed by atoms with Gasteiger partial charge in [0.05, 0.1) is 19.7 Å². The second-order valence-corrected chi connectivity index (χ2v) is 11.3. The van der Waals surface area contributed by atoms with Gasteiger partial charge in [-0.1, -0.05) is 0 Å². The maximum atomic E-state index is 13.6. The highest BCUT2D eigenvalue weighted by Crippen LogP contribution is 2.07. The summed E-state index contributed by atoms with van der Waals surface area (Å²) in [5.74, 6) is -7.64. The lowest BCUT2D eigenvalue weighted by Crippen LogP contribution is -2.59. The minimum atomic E-state index is -1.54. The Kier molecular flexibility index (Phi) is 18.9. The SMILES string of the molecule is CC(=O)N(O)CCC[C@H]1NC(=O)CNC(=O)[C@H](CO)NC(=O)CNC(=O)[C@@H](CCCN(O)C(C)=O)NC(=O)[C@@H](CCCN(O)C(C)=O)NC1=O. The number of nitrogens with zero attached hydrogens (tertiary/aromatic N) is 3. The summed E-state index contributed by atoms with van der Waals surface area (Å²) in [7, 11) is 0. The van der Waals surface area contributed by atoms with E-state index < -0.39 is 97.0 Å². The van der Waals surface area contributed by atoms with Crippen LogP contribution in [0.2, 0.25) is 0 Å². The predicted octanol–water partition coefficient (Wildman–Crippen LogP) is -4.78. The van der Waals surface area contributed by atoms with Gasteiger partial charge in [-0.25, -0.2) is 15.2 Å². The molecule has 10 N–H and O–H groups in total. The Balaban J connectivity index is 3.45. The van der Waals surface area contributed by atoms with E-state index in [4.69, 9.17) is 0 Å². The molecule has 0 saturated carbocycles. The van der Waals surface area contributed by atoms with Gasteiger partial charge in [-0.05, 0) is 38.5 Å². The smallest absolute Gasteiger partial charge is 0.245 e. The van der Waals surface area contributed by atoms with Crippen LogP contribution < -0.4 is 31.9 Å². The highest BCUT2D eigenvalue weighted by Gasteiger charge is 2.31. The fourth-order valence-corrected chi connectivity index (χ4v) is 4.42. The van der Waals surface area contributed by atoms with Crippen LogP contribution in [-0.4, -0.2) is 153 Å². The van der Waals surface area contributed by atoms with Gasteiger partial charge in [0, 0.05) is 40.4 Å². The molecule has 1 rings (SSSR count). The van der Waals surface area contributed by atoms with Crippen molar-refractivity contribution in [3.05, 3.63) is 0 Å². The van der Waals surface area contributed by atoms with E-state index in [-0.39, 0.29) is 58.2 Å². The van der Waals surface area contributed by atoms with Gasteiger partial charge in [0.1, 0.15) is 24.2 Å². The summed E-state index contributed by atoms with van der Waals surface area (Å²) in [5, 5.41) is 53.9. The van der Waals surface area contributed by atoms with Crippen molar-refractivity contribution in [2.24, 2.45) is 0 Å². The molecule has 50 heavy (non-hydrogen) atoms. The van der Waals surface area contributed by atoms with Crippen LogP contribution in [0.4, 0.5) is 0 Å². The van der Waals surface area contributed by atoms with E-state index in [9.17, 15) is 63.9 Å². The molecule has 0 unspecified atom stereocenters. The Hall–Kier alpha value is -4.93. The van der Waals surface area contributed by atoms with Gasteiger partial charge in [-0.15, -0.1) is 0 Å². The van der Waals surface area contributed by atoms with Crippen LogP contribution in [0, 0.1) is 0 Å². The molecule has 282 valence electrons. The van der Waals surface area contributed by atoms with Gasteiger partial charge in [0.25, 0.3) is 0 Å². The molecule has 4 atom stereocenters. The zero-order valence-corrected chi connectivity index (χ0v) is 28.1. The first-order valence-corrected chi connectivity index (χ1v) is 15.7. The van der Waals surface area contributed by atoms with E-state index in [0.29, 0.717) is 15.2 Å². The molecule has 0 aliphatic carbocycles. The lowest BCUT2D eigenvalue weighted by molar-refractivity contribution is -0.163. The molecule has 0 radical (unpaired) electrons. The van der Waals surface area contributed by atoms with Crippen molar-refractivity contribution in [1.29, 1.82) is 0 Å². The highest BCUT2D eigenvalue weighted by molar-refractivity contribution is 5.96. The Morgan fingerprint density at radius 1 is 0.540 bits per heavy atom. The molecule has 1 aliphatic rings. The average molecular weight is 718 g/mol. The second-order valence-electron chi connectivity index (χ2n) is 11.3. The summed E-state index contributed by atoms with van der Waals surface area (Å²) in [6, 6.07) is -5.79. The Morgan fingerprint density at radius 2 is 0.840 bits per heavy atom. The van der Waals surface area contributed by atoms with E-state index in [0.717, 1.165) is 20.8 Å². The van der Waals surface area contributed by atoms with E-state index >= 15 is 0 Å². The zero-order valence-electron chi connectivity index (χ0n) is 28.1. The lowest BCUT2D eigenvalue weighted by atomic mass is 10.1. The topological polar surface area (TPSA) is 316 Å². The number of aliphatic hydroxyl groups excluding tert-OH is 1. The average Bonchev–Trinajstić information content (AvgIpc) is 3.05. The van der Waals surface area contributed by atoms with Gasteiger partial charge in [-0.3, -0.25) is 58.8 Å². The van der Waals surface area contributed by atoms with Crippen LogP contribution >= 0.6 is 0 Å². The second kappa shape index (κ2) is 21.9. The van der Waals surface area contributed by atoms with Crippen molar-refractivity contribution in [1.82, 2.24) is 47.1 Å². The molecule has 0 aromatic carbocycles. The number of hydroxylamine groups is 6. The predicted molar refractivity (Wildman–Crippen MR) is 166 cm³/mol. The van der Waals surface area contributed by atoms with Gasteiger partial charge in [0.15, 0.2) is 0 Å².